The van der Waals surface area contributed by atoms with Crippen molar-refractivity contribution in [3.05, 3.63) is 45.5 Å². The fraction of sp³-hybridized carbons (Fsp3) is 0.389. The maximum Gasteiger partial charge on any atom is 0.269 e. The van der Waals surface area contributed by atoms with E-state index in [-0.39, 0.29) is 11.9 Å². The topological polar surface area (TPSA) is 75.6 Å². The van der Waals surface area contributed by atoms with Gasteiger partial charge in [-0.3, -0.25) is 14.6 Å². The Kier molecular flexibility index (Phi) is 4.76. The van der Waals surface area contributed by atoms with Crippen LogP contribution in [0.4, 0.5) is 0 Å². The van der Waals surface area contributed by atoms with Crippen LogP contribution in [0, 0.1) is 19.8 Å². The first-order valence-electron chi connectivity index (χ1n) is 8.28. The first-order chi connectivity index (χ1) is 11.9. The molecule has 3 heterocycles. The van der Waals surface area contributed by atoms with Gasteiger partial charge in [0.1, 0.15) is 5.69 Å². The van der Waals surface area contributed by atoms with Crippen LogP contribution in [0.3, 0.4) is 0 Å². The maximum atomic E-state index is 12.7. The van der Waals surface area contributed by atoms with E-state index in [0.717, 1.165) is 27.5 Å². The minimum atomic E-state index is -0.148. The van der Waals surface area contributed by atoms with Crippen molar-refractivity contribution in [1.82, 2.24) is 25.3 Å². The van der Waals surface area contributed by atoms with Crippen LogP contribution in [-0.2, 0) is 7.05 Å². The van der Waals surface area contributed by atoms with Crippen molar-refractivity contribution in [2.45, 2.75) is 33.7 Å². The molecular formula is C18H23N5OS. The number of rotatable bonds is 5. The fourth-order valence-corrected chi connectivity index (χ4v) is 3.91. The summed E-state index contributed by atoms with van der Waals surface area (Å²) in [6.45, 7) is 8.15. The average Bonchev–Trinajstić information content (AvgIpc) is 3.27. The summed E-state index contributed by atoms with van der Waals surface area (Å²) in [5, 5.41) is 16.7. The number of nitrogens with zero attached hydrogens (tertiary/aromatic N) is 3. The van der Waals surface area contributed by atoms with E-state index in [1.165, 1.54) is 0 Å². The van der Waals surface area contributed by atoms with Gasteiger partial charge in [-0.2, -0.15) is 10.2 Å². The van der Waals surface area contributed by atoms with Crippen LogP contribution in [0.15, 0.2) is 23.6 Å². The second-order valence-corrected chi connectivity index (χ2v) is 7.53. The molecule has 0 spiro atoms. The van der Waals surface area contributed by atoms with Gasteiger partial charge >= 0.3 is 0 Å². The van der Waals surface area contributed by atoms with Gasteiger partial charge in [-0.25, -0.2) is 0 Å². The average molecular weight is 357 g/mol. The van der Waals surface area contributed by atoms with Gasteiger partial charge in [0.15, 0.2) is 0 Å². The number of carbonyl (C=O) groups is 1. The molecule has 1 atom stereocenters. The molecule has 6 nitrogen and oxygen atoms in total. The molecule has 25 heavy (non-hydrogen) atoms. The summed E-state index contributed by atoms with van der Waals surface area (Å²) in [6.07, 6.45) is 0. The molecule has 0 saturated carbocycles. The normalized spacial score (nSPS) is 12.6. The lowest BCUT2D eigenvalue weighted by Gasteiger charge is -2.20. The Balaban J connectivity index is 1.83. The number of hydrogen-bond acceptors (Lipinski definition) is 4. The maximum absolute atomic E-state index is 12.7. The lowest BCUT2D eigenvalue weighted by atomic mass is 10.0. The molecule has 0 aliphatic rings. The van der Waals surface area contributed by atoms with Gasteiger partial charge in [-0.05, 0) is 37.3 Å². The Morgan fingerprint density at radius 2 is 2.12 bits per heavy atom. The zero-order valence-corrected chi connectivity index (χ0v) is 15.9. The van der Waals surface area contributed by atoms with Crippen LogP contribution in [-0.4, -0.2) is 25.9 Å². The lowest BCUT2D eigenvalue weighted by Crippen LogP contribution is -2.31. The molecule has 1 amide bonds. The summed E-state index contributed by atoms with van der Waals surface area (Å²) >= 11 is 1.65. The summed E-state index contributed by atoms with van der Waals surface area (Å²) in [4.78, 5) is 13.8. The molecule has 132 valence electrons. The number of carbonyl (C=O) groups excluding carboxylic acids is 1. The van der Waals surface area contributed by atoms with E-state index in [9.17, 15) is 4.79 Å². The van der Waals surface area contributed by atoms with E-state index < -0.39 is 0 Å². The lowest BCUT2D eigenvalue weighted by molar-refractivity contribution is 0.0921. The highest BCUT2D eigenvalue weighted by Crippen LogP contribution is 2.27. The number of H-pyrrole nitrogens is 1. The highest BCUT2D eigenvalue weighted by Gasteiger charge is 2.22. The molecule has 0 radical (unpaired) electrons. The molecule has 0 fully saturated rings. The molecule has 3 aromatic rings. The summed E-state index contributed by atoms with van der Waals surface area (Å²) in [5.41, 5.74) is 4.09. The third kappa shape index (κ3) is 3.37. The SMILES string of the molecule is Cc1nn(C)c(C)c1-c1cc(C(=O)N[C@H](c2cccs2)C(C)C)[nH]n1. The van der Waals surface area contributed by atoms with Crippen molar-refractivity contribution in [3.8, 4) is 11.3 Å². The number of aromatic amines is 1. The summed E-state index contributed by atoms with van der Waals surface area (Å²) in [7, 11) is 1.90. The van der Waals surface area contributed by atoms with Crippen LogP contribution in [0.25, 0.3) is 11.3 Å². The minimum Gasteiger partial charge on any atom is -0.343 e. The van der Waals surface area contributed by atoms with Crippen LogP contribution in [0.2, 0.25) is 0 Å². The zero-order chi connectivity index (χ0) is 18.1. The minimum absolute atomic E-state index is 0.0129. The summed E-state index contributed by atoms with van der Waals surface area (Å²) in [5.74, 6) is 0.151. The van der Waals surface area contributed by atoms with Gasteiger partial charge in [0.2, 0.25) is 0 Å². The number of hydrogen-bond donors (Lipinski definition) is 2. The summed E-state index contributed by atoms with van der Waals surface area (Å²) < 4.78 is 1.82. The highest BCUT2D eigenvalue weighted by molar-refractivity contribution is 7.10. The third-order valence-electron chi connectivity index (χ3n) is 4.39. The van der Waals surface area contributed by atoms with Crippen molar-refractivity contribution in [2.75, 3.05) is 0 Å². The Morgan fingerprint density at radius 3 is 2.68 bits per heavy atom. The molecule has 0 unspecified atom stereocenters. The molecule has 7 heteroatoms. The highest BCUT2D eigenvalue weighted by atomic mass is 32.1. The van der Waals surface area contributed by atoms with Crippen LogP contribution >= 0.6 is 11.3 Å². The van der Waals surface area contributed by atoms with Gasteiger partial charge < -0.3 is 5.32 Å². The van der Waals surface area contributed by atoms with E-state index in [2.05, 4.69) is 40.5 Å². The molecule has 0 bridgehead atoms. The number of aryl methyl sites for hydroxylation is 2. The number of thiophene rings is 1. The van der Waals surface area contributed by atoms with Crippen molar-refractivity contribution in [2.24, 2.45) is 13.0 Å². The standard InChI is InChI=1S/C18H23N5OS/c1-10(2)17(15-7-6-8-25-15)19-18(24)14-9-13(20-21-14)16-11(3)22-23(5)12(16)4/h6-10,17H,1-5H3,(H,19,24)(H,20,21)/t17-/m0/s1. The largest absolute Gasteiger partial charge is 0.343 e. The second-order valence-electron chi connectivity index (χ2n) is 6.55. The van der Waals surface area contributed by atoms with E-state index in [1.807, 2.05) is 37.0 Å². The predicted octanol–water partition coefficient (Wildman–Crippen LogP) is 3.62. The number of amides is 1. The van der Waals surface area contributed by atoms with E-state index >= 15 is 0 Å². The van der Waals surface area contributed by atoms with E-state index in [4.69, 9.17) is 0 Å². The third-order valence-corrected chi connectivity index (χ3v) is 5.35. The molecule has 3 aromatic heterocycles. The number of aromatic nitrogens is 4. The predicted molar refractivity (Wildman–Crippen MR) is 99.6 cm³/mol. The van der Waals surface area contributed by atoms with Crippen molar-refractivity contribution < 1.29 is 4.79 Å². The molecular weight excluding hydrogens is 334 g/mol. The van der Waals surface area contributed by atoms with Gasteiger partial charge in [0, 0.05) is 23.2 Å². The zero-order valence-electron chi connectivity index (χ0n) is 15.1. The first kappa shape index (κ1) is 17.4. The van der Waals surface area contributed by atoms with E-state index in [0.29, 0.717) is 11.6 Å². The smallest absolute Gasteiger partial charge is 0.269 e. The first-order valence-corrected chi connectivity index (χ1v) is 9.16. The van der Waals surface area contributed by atoms with E-state index in [1.54, 1.807) is 17.4 Å². The number of nitrogens with one attached hydrogen (secondary N) is 2. The second kappa shape index (κ2) is 6.84. The molecule has 0 aliphatic carbocycles. The molecule has 3 rings (SSSR count). The molecule has 0 aromatic carbocycles. The molecule has 2 N–H and O–H groups in total. The van der Waals surface area contributed by atoms with Gasteiger partial charge in [0.25, 0.3) is 5.91 Å². The van der Waals surface area contributed by atoms with Gasteiger partial charge in [0.05, 0.1) is 17.4 Å². The Bertz CT molecular complexity index is 876. The van der Waals surface area contributed by atoms with Crippen molar-refractivity contribution >= 4 is 17.2 Å². The van der Waals surface area contributed by atoms with Crippen LogP contribution < -0.4 is 5.32 Å². The summed E-state index contributed by atoms with van der Waals surface area (Å²) in [6, 6.07) is 5.83. The van der Waals surface area contributed by atoms with Gasteiger partial charge in [-0.1, -0.05) is 19.9 Å². The Labute approximate surface area is 151 Å². The van der Waals surface area contributed by atoms with Crippen molar-refractivity contribution in [3.63, 3.8) is 0 Å². The Morgan fingerprint density at radius 1 is 1.36 bits per heavy atom. The van der Waals surface area contributed by atoms with Gasteiger partial charge in [-0.15, -0.1) is 11.3 Å². The molecule has 0 saturated heterocycles. The quantitative estimate of drug-likeness (QED) is 0.732. The van der Waals surface area contributed by atoms with Crippen LogP contribution in [0.1, 0.15) is 46.6 Å². The Hall–Kier alpha value is -2.41. The molecule has 0 aliphatic heterocycles. The van der Waals surface area contributed by atoms with Crippen molar-refractivity contribution in [1.29, 1.82) is 0 Å². The van der Waals surface area contributed by atoms with Crippen LogP contribution in [0.5, 0.6) is 0 Å². The fourth-order valence-electron chi connectivity index (χ4n) is 2.96. The monoisotopic (exact) mass is 357 g/mol.